The van der Waals surface area contributed by atoms with Gasteiger partial charge in [0.1, 0.15) is 0 Å². The van der Waals surface area contributed by atoms with Crippen molar-refractivity contribution in [3.8, 4) is 0 Å². The van der Waals surface area contributed by atoms with Gasteiger partial charge in [0.25, 0.3) is 0 Å². The lowest BCUT2D eigenvalue weighted by atomic mass is 10.3. The lowest BCUT2D eigenvalue weighted by Gasteiger charge is -2.18. The van der Waals surface area contributed by atoms with Gasteiger partial charge < -0.3 is 10.6 Å². The van der Waals surface area contributed by atoms with Gasteiger partial charge in [-0.05, 0) is 25.7 Å². The zero-order chi connectivity index (χ0) is 12.0. The molecular formula is C12H22N2OS. The Balaban J connectivity index is 2.24. The molecule has 3 nitrogen and oxygen atoms in total. The summed E-state index contributed by atoms with van der Waals surface area (Å²) in [7, 11) is 1.87. The van der Waals surface area contributed by atoms with Crippen molar-refractivity contribution >= 4 is 17.7 Å². The van der Waals surface area contributed by atoms with E-state index >= 15 is 0 Å². The standard InChI is InChI=1S/C12H22N2OS/c1-3-10(13)8-16-9-12(15)14(2)11-6-4-5-7-11/h6,10H,3-5,7-9,13H2,1-2H3. The number of rotatable bonds is 6. The number of carbonyl (C=O) groups is 1. The van der Waals surface area contributed by atoms with Crippen molar-refractivity contribution in [2.24, 2.45) is 5.73 Å². The van der Waals surface area contributed by atoms with Crippen LogP contribution < -0.4 is 5.73 Å². The Morgan fingerprint density at radius 1 is 1.69 bits per heavy atom. The molecule has 1 atom stereocenters. The van der Waals surface area contributed by atoms with Crippen LogP contribution in [-0.4, -0.2) is 35.4 Å². The first-order chi connectivity index (χ1) is 7.65. The smallest absolute Gasteiger partial charge is 0.236 e. The van der Waals surface area contributed by atoms with Crippen LogP contribution in [0.4, 0.5) is 0 Å². The van der Waals surface area contributed by atoms with Crippen molar-refractivity contribution in [2.45, 2.75) is 38.6 Å². The molecule has 0 spiro atoms. The monoisotopic (exact) mass is 242 g/mol. The third-order valence-corrected chi connectivity index (χ3v) is 4.02. The fraction of sp³-hybridized carbons (Fsp3) is 0.750. The topological polar surface area (TPSA) is 46.3 Å². The van der Waals surface area contributed by atoms with E-state index in [0.29, 0.717) is 5.75 Å². The molecule has 2 N–H and O–H groups in total. The minimum Gasteiger partial charge on any atom is -0.327 e. The van der Waals surface area contributed by atoms with Gasteiger partial charge in [-0.3, -0.25) is 4.79 Å². The first-order valence-electron chi connectivity index (χ1n) is 5.94. The molecule has 1 rings (SSSR count). The molecule has 0 bridgehead atoms. The molecule has 0 aromatic rings. The van der Waals surface area contributed by atoms with Crippen molar-refractivity contribution in [1.29, 1.82) is 0 Å². The quantitative estimate of drug-likeness (QED) is 0.774. The highest BCUT2D eigenvalue weighted by Crippen LogP contribution is 2.20. The summed E-state index contributed by atoms with van der Waals surface area (Å²) in [6.45, 7) is 2.07. The Kier molecular flexibility index (Phi) is 5.91. The molecule has 1 amide bonds. The van der Waals surface area contributed by atoms with E-state index in [1.807, 2.05) is 7.05 Å². The van der Waals surface area contributed by atoms with E-state index in [0.717, 1.165) is 25.0 Å². The van der Waals surface area contributed by atoms with Gasteiger partial charge >= 0.3 is 0 Å². The minimum absolute atomic E-state index is 0.196. The van der Waals surface area contributed by atoms with Crippen LogP contribution in [0.15, 0.2) is 11.8 Å². The van der Waals surface area contributed by atoms with Crippen molar-refractivity contribution in [1.82, 2.24) is 4.90 Å². The third-order valence-electron chi connectivity index (χ3n) is 2.90. The molecule has 1 aliphatic carbocycles. The van der Waals surface area contributed by atoms with Crippen LogP contribution in [0, 0.1) is 0 Å². The van der Waals surface area contributed by atoms with Gasteiger partial charge in [-0.1, -0.05) is 13.0 Å². The Morgan fingerprint density at radius 2 is 2.44 bits per heavy atom. The summed E-state index contributed by atoms with van der Waals surface area (Å²) in [6.07, 6.45) is 6.48. The van der Waals surface area contributed by atoms with E-state index < -0.39 is 0 Å². The number of nitrogens with two attached hydrogens (primary N) is 1. The fourth-order valence-corrected chi connectivity index (χ4v) is 2.66. The molecule has 0 fully saturated rings. The molecule has 0 aromatic heterocycles. The SMILES string of the molecule is CCC(N)CSCC(=O)N(C)C1=CCCC1. The first kappa shape index (κ1) is 13.6. The highest BCUT2D eigenvalue weighted by atomic mass is 32.2. The average Bonchev–Trinajstić information content (AvgIpc) is 2.81. The maximum atomic E-state index is 11.8. The second-order valence-corrected chi connectivity index (χ2v) is 5.25. The lowest BCUT2D eigenvalue weighted by Crippen LogP contribution is -2.28. The van der Waals surface area contributed by atoms with Crippen LogP contribution in [0.5, 0.6) is 0 Å². The van der Waals surface area contributed by atoms with Gasteiger partial charge in [0.15, 0.2) is 0 Å². The first-order valence-corrected chi connectivity index (χ1v) is 7.09. The van der Waals surface area contributed by atoms with Crippen LogP contribution in [-0.2, 0) is 4.79 Å². The number of hydrogen-bond donors (Lipinski definition) is 1. The van der Waals surface area contributed by atoms with E-state index in [9.17, 15) is 4.79 Å². The summed E-state index contributed by atoms with van der Waals surface area (Å²) in [5, 5.41) is 0. The van der Waals surface area contributed by atoms with Crippen LogP contribution in [0.2, 0.25) is 0 Å². The van der Waals surface area contributed by atoms with Gasteiger partial charge in [-0.15, -0.1) is 0 Å². The molecule has 0 saturated heterocycles. The Hall–Kier alpha value is -0.480. The van der Waals surface area contributed by atoms with Gasteiger partial charge in [0, 0.05) is 24.5 Å². The summed E-state index contributed by atoms with van der Waals surface area (Å²) >= 11 is 1.64. The van der Waals surface area contributed by atoms with E-state index in [2.05, 4.69) is 13.0 Å². The highest BCUT2D eigenvalue weighted by molar-refractivity contribution is 7.99. The zero-order valence-electron chi connectivity index (χ0n) is 10.2. The van der Waals surface area contributed by atoms with Gasteiger partial charge in [-0.2, -0.15) is 11.8 Å². The summed E-state index contributed by atoms with van der Waals surface area (Å²) in [6, 6.07) is 0.216. The zero-order valence-corrected chi connectivity index (χ0v) is 11.1. The molecule has 4 heteroatoms. The van der Waals surface area contributed by atoms with Crippen LogP contribution in [0.1, 0.15) is 32.6 Å². The Labute approximate surface area is 102 Å². The molecule has 0 saturated carbocycles. The van der Waals surface area contributed by atoms with Crippen molar-refractivity contribution in [2.75, 3.05) is 18.6 Å². The molecule has 1 unspecified atom stereocenters. The van der Waals surface area contributed by atoms with E-state index in [4.69, 9.17) is 5.73 Å². The van der Waals surface area contributed by atoms with Gasteiger partial charge in [0.05, 0.1) is 5.75 Å². The van der Waals surface area contributed by atoms with E-state index in [1.54, 1.807) is 16.7 Å². The Morgan fingerprint density at radius 3 is 3.00 bits per heavy atom. The van der Waals surface area contributed by atoms with Crippen LogP contribution >= 0.6 is 11.8 Å². The normalized spacial score (nSPS) is 17.1. The number of allylic oxidation sites excluding steroid dienone is 2. The van der Waals surface area contributed by atoms with E-state index in [-0.39, 0.29) is 11.9 Å². The largest absolute Gasteiger partial charge is 0.327 e. The molecule has 1 aliphatic rings. The minimum atomic E-state index is 0.196. The molecule has 0 heterocycles. The highest BCUT2D eigenvalue weighted by Gasteiger charge is 2.15. The fourth-order valence-electron chi connectivity index (χ4n) is 1.63. The van der Waals surface area contributed by atoms with Crippen molar-refractivity contribution < 1.29 is 4.79 Å². The maximum Gasteiger partial charge on any atom is 0.236 e. The molecular weight excluding hydrogens is 220 g/mol. The van der Waals surface area contributed by atoms with Crippen molar-refractivity contribution in [3.05, 3.63) is 11.8 Å². The van der Waals surface area contributed by atoms with Crippen LogP contribution in [0.25, 0.3) is 0 Å². The second kappa shape index (κ2) is 6.97. The molecule has 0 radical (unpaired) electrons. The number of amides is 1. The molecule has 0 aliphatic heterocycles. The molecule has 92 valence electrons. The summed E-state index contributed by atoms with van der Waals surface area (Å²) in [5.41, 5.74) is 6.99. The number of hydrogen-bond acceptors (Lipinski definition) is 3. The third kappa shape index (κ3) is 4.18. The molecule has 16 heavy (non-hydrogen) atoms. The van der Waals surface area contributed by atoms with Gasteiger partial charge in [0.2, 0.25) is 5.91 Å². The average molecular weight is 242 g/mol. The number of nitrogens with zero attached hydrogens (tertiary/aromatic N) is 1. The predicted molar refractivity (Wildman–Crippen MR) is 70.3 cm³/mol. The predicted octanol–water partition coefficient (Wildman–Crippen LogP) is 1.98. The summed E-state index contributed by atoms with van der Waals surface area (Å²) in [4.78, 5) is 13.6. The summed E-state index contributed by atoms with van der Waals surface area (Å²) < 4.78 is 0. The Bertz CT molecular complexity index is 266. The van der Waals surface area contributed by atoms with Crippen LogP contribution in [0.3, 0.4) is 0 Å². The van der Waals surface area contributed by atoms with E-state index in [1.165, 1.54) is 12.1 Å². The number of carbonyl (C=O) groups excluding carboxylic acids is 1. The summed E-state index contributed by atoms with van der Waals surface area (Å²) in [5.74, 6) is 1.61. The van der Waals surface area contributed by atoms with Crippen molar-refractivity contribution in [3.63, 3.8) is 0 Å². The molecule has 0 aromatic carbocycles. The lowest BCUT2D eigenvalue weighted by molar-refractivity contribution is -0.125. The second-order valence-electron chi connectivity index (χ2n) is 4.22. The van der Waals surface area contributed by atoms with Gasteiger partial charge in [-0.25, -0.2) is 0 Å². The number of thioether (sulfide) groups is 1. The maximum absolute atomic E-state index is 11.8.